The second kappa shape index (κ2) is 3.33. The molecule has 0 amide bonds. The lowest BCUT2D eigenvalue weighted by atomic mass is 10.3. The summed E-state index contributed by atoms with van der Waals surface area (Å²) in [7, 11) is 1.23. The second-order valence-electron chi connectivity index (χ2n) is 2.05. The molecule has 0 radical (unpaired) electrons. The number of nitrogens with one attached hydrogen (secondary N) is 1. The second-order valence-corrected chi connectivity index (χ2v) is 2.05. The summed E-state index contributed by atoms with van der Waals surface area (Å²) in [6.45, 7) is 0. The average molecular weight is 172 g/mol. The molecule has 6 heteroatoms. The van der Waals surface area contributed by atoms with Crippen molar-refractivity contribution in [3.05, 3.63) is 22.4 Å². The monoisotopic (exact) mass is 172 g/mol. The molecule has 1 aromatic rings. The molecule has 0 bridgehead atoms. The lowest BCUT2D eigenvalue weighted by molar-refractivity contribution is -0.0813. The van der Waals surface area contributed by atoms with Crippen LogP contribution in [0, 0.1) is 0 Å². The first-order chi connectivity index (χ1) is 5.66. The number of H-pyrrole nitrogens is 1. The van der Waals surface area contributed by atoms with Gasteiger partial charge in [0.05, 0.1) is 6.33 Å². The van der Waals surface area contributed by atoms with Gasteiger partial charge < -0.3 is 19.9 Å². The van der Waals surface area contributed by atoms with E-state index in [9.17, 15) is 4.79 Å². The Hall–Kier alpha value is -1.40. The van der Waals surface area contributed by atoms with Crippen LogP contribution >= 0.6 is 0 Å². The van der Waals surface area contributed by atoms with Crippen molar-refractivity contribution in [2.45, 2.75) is 6.29 Å². The summed E-state index contributed by atoms with van der Waals surface area (Å²) in [5.41, 5.74) is -0.905. The number of methoxy groups -OCH3 is 1. The summed E-state index contributed by atoms with van der Waals surface area (Å²) in [5.74, 6) is -0.633. The molecule has 1 unspecified atom stereocenters. The van der Waals surface area contributed by atoms with Crippen molar-refractivity contribution in [3.8, 4) is 5.75 Å². The van der Waals surface area contributed by atoms with Gasteiger partial charge in [-0.05, 0) is 0 Å². The normalized spacial score (nSPS) is 12.8. The molecule has 12 heavy (non-hydrogen) atoms. The Morgan fingerprint density at radius 2 is 2.42 bits per heavy atom. The van der Waals surface area contributed by atoms with E-state index in [1.807, 2.05) is 0 Å². The first-order valence-corrected chi connectivity index (χ1v) is 3.14. The molecule has 0 aliphatic heterocycles. The van der Waals surface area contributed by atoms with Gasteiger partial charge in [-0.15, -0.1) is 0 Å². The number of aromatic hydroxyl groups is 1. The SMILES string of the molecule is COC(O)c1nc[nH]c(=O)c1O. The zero-order chi connectivity index (χ0) is 9.14. The largest absolute Gasteiger partial charge is 0.502 e. The summed E-state index contributed by atoms with van der Waals surface area (Å²) >= 11 is 0. The zero-order valence-electron chi connectivity index (χ0n) is 6.31. The van der Waals surface area contributed by atoms with Gasteiger partial charge in [0.2, 0.25) is 12.0 Å². The van der Waals surface area contributed by atoms with Crippen molar-refractivity contribution in [2.24, 2.45) is 0 Å². The van der Waals surface area contributed by atoms with E-state index in [0.717, 1.165) is 6.33 Å². The van der Waals surface area contributed by atoms with Crippen LogP contribution in [-0.4, -0.2) is 27.3 Å². The molecule has 0 spiro atoms. The first-order valence-electron chi connectivity index (χ1n) is 3.14. The minimum absolute atomic E-state index is 0.193. The summed E-state index contributed by atoms with van der Waals surface area (Å²) < 4.78 is 4.45. The Morgan fingerprint density at radius 1 is 1.75 bits per heavy atom. The van der Waals surface area contributed by atoms with Gasteiger partial charge in [-0.3, -0.25) is 4.79 Å². The number of hydrogen-bond acceptors (Lipinski definition) is 5. The Balaban J connectivity index is 3.16. The van der Waals surface area contributed by atoms with Crippen LogP contribution in [0.4, 0.5) is 0 Å². The highest BCUT2D eigenvalue weighted by atomic mass is 16.6. The van der Waals surface area contributed by atoms with Crippen LogP contribution in [0.25, 0.3) is 0 Å². The number of rotatable bonds is 2. The summed E-state index contributed by atoms with van der Waals surface area (Å²) in [6, 6.07) is 0. The van der Waals surface area contributed by atoms with Crippen molar-refractivity contribution < 1.29 is 14.9 Å². The van der Waals surface area contributed by atoms with Gasteiger partial charge in [-0.25, -0.2) is 4.98 Å². The maximum absolute atomic E-state index is 10.7. The predicted octanol–water partition coefficient (Wildman–Crippen LogP) is -0.887. The van der Waals surface area contributed by atoms with Crippen molar-refractivity contribution in [1.29, 1.82) is 0 Å². The van der Waals surface area contributed by atoms with Gasteiger partial charge in [0.15, 0.2) is 0 Å². The smallest absolute Gasteiger partial charge is 0.293 e. The maximum atomic E-state index is 10.7. The number of ether oxygens (including phenoxy) is 1. The van der Waals surface area contributed by atoms with Crippen LogP contribution in [0.3, 0.4) is 0 Å². The molecule has 0 aliphatic carbocycles. The van der Waals surface area contributed by atoms with Crippen LogP contribution in [0.5, 0.6) is 5.75 Å². The molecule has 0 aliphatic rings. The third kappa shape index (κ3) is 1.44. The number of hydrogen-bond donors (Lipinski definition) is 3. The van der Waals surface area contributed by atoms with Gasteiger partial charge in [0, 0.05) is 7.11 Å². The lowest BCUT2D eigenvalue weighted by Gasteiger charge is -2.07. The molecule has 1 rings (SSSR count). The molecule has 1 atom stereocenters. The standard InChI is InChI=1S/C6H8N2O4/c1-12-6(11)3-4(9)5(10)8-2-7-3/h2,6,9,11H,1H3,(H,7,8,10). The first kappa shape index (κ1) is 8.69. The fourth-order valence-corrected chi connectivity index (χ4v) is 0.699. The number of aromatic amines is 1. The molecule has 1 aromatic heterocycles. The third-order valence-corrected chi connectivity index (χ3v) is 1.31. The molecule has 0 aromatic carbocycles. The highest BCUT2D eigenvalue weighted by molar-refractivity contribution is 5.22. The van der Waals surface area contributed by atoms with Crippen molar-refractivity contribution in [2.75, 3.05) is 7.11 Å². The molecule has 1 heterocycles. The molecule has 6 nitrogen and oxygen atoms in total. The lowest BCUT2D eigenvalue weighted by Crippen LogP contribution is -2.12. The molecular formula is C6H8N2O4. The van der Waals surface area contributed by atoms with Crippen LogP contribution in [0.15, 0.2) is 11.1 Å². The molecule has 0 fully saturated rings. The van der Waals surface area contributed by atoms with Crippen LogP contribution in [-0.2, 0) is 4.74 Å². The maximum Gasteiger partial charge on any atom is 0.293 e. The van der Waals surface area contributed by atoms with E-state index in [-0.39, 0.29) is 5.69 Å². The Morgan fingerprint density at radius 3 is 3.00 bits per heavy atom. The quantitative estimate of drug-likeness (QED) is 0.503. The average Bonchev–Trinajstić information content (AvgIpc) is 2.08. The van der Waals surface area contributed by atoms with Crippen LogP contribution in [0.2, 0.25) is 0 Å². The Bertz CT molecular complexity index is 322. The summed E-state index contributed by atoms with van der Waals surface area (Å²) in [6.07, 6.45) is -0.313. The van der Waals surface area contributed by atoms with Crippen molar-refractivity contribution in [3.63, 3.8) is 0 Å². The third-order valence-electron chi connectivity index (χ3n) is 1.31. The topological polar surface area (TPSA) is 95.4 Å². The van der Waals surface area contributed by atoms with Gasteiger partial charge in [-0.2, -0.15) is 0 Å². The van der Waals surface area contributed by atoms with Crippen LogP contribution < -0.4 is 5.56 Å². The Labute approximate surface area is 67.5 Å². The summed E-state index contributed by atoms with van der Waals surface area (Å²) in [5, 5.41) is 18.1. The number of aliphatic hydroxyl groups is 1. The fraction of sp³-hybridized carbons (Fsp3) is 0.333. The molecule has 0 saturated carbocycles. The van der Waals surface area contributed by atoms with Gasteiger partial charge in [-0.1, -0.05) is 0 Å². The fourth-order valence-electron chi connectivity index (χ4n) is 0.699. The van der Waals surface area contributed by atoms with Crippen molar-refractivity contribution >= 4 is 0 Å². The Kier molecular flexibility index (Phi) is 2.41. The van der Waals surface area contributed by atoms with E-state index in [2.05, 4.69) is 14.7 Å². The number of aliphatic hydroxyl groups excluding tert-OH is 1. The molecule has 0 saturated heterocycles. The minimum Gasteiger partial charge on any atom is -0.502 e. The zero-order valence-corrected chi connectivity index (χ0v) is 6.31. The van der Waals surface area contributed by atoms with Crippen molar-refractivity contribution in [1.82, 2.24) is 9.97 Å². The van der Waals surface area contributed by atoms with Crippen LogP contribution in [0.1, 0.15) is 12.0 Å². The van der Waals surface area contributed by atoms with E-state index < -0.39 is 17.6 Å². The van der Waals surface area contributed by atoms with E-state index >= 15 is 0 Å². The highest BCUT2D eigenvalue weighted by Gasteiger charge is 2.14. The van der Waals surface area contributed by atoms with Gasteiger partial charge in [0.25, 0.3) is 5.56 Å². The molecular weight excluding hydrogens is 164 g/mol. The van der Waals surface area contributed by atoms with Gasteiger partial charge in [0.1, 0.15) is 5.69 Å². The predicted molar refractivity (Wildman–Crippen MR) is 38.5 cm³/mol. The minimum atomic E-state index is -1.38. The van der Waals surface area contributed by atoms with E-state index in [4.69, 9.17) is 10.2 Å². The number of aromatic nitrogens is 2. The number of nitrogens with zero attached hydrogens (tertiary/aromatic N) is 1. The van der Waals surface area contributed by atoms with Gasteiger partial charge >= 0.3 is 0 Å². The highest BCUT2D eigenvalue weighted by Crippen LogP contribution is 2.16. The molecule has 3 N–H and O–H groups in total. The molecule has 66 valence electrons. The van der Waals surface area contributed by atoms with E-state index in [0.29, 0.717) is 0 Å². The summed E-state index contributed by atoms with van der Waals surface area (Å²) in [4.78, 5) is 16.4. The van der Waals surface area contributed by atoms with E-state index in [1.165, 1.54) is 7.11 Å². The van der Waals surface area contributed by atoms with E-state index in [1.54, 1.807) is 0 Å².